The van der Waals surface area contributed by atoms with E-state index >= 15 is 0 Å². The van der Waals surface area contributed by atoms with E-state index in [1.165, 1.54) is 70.6 Å². The van der Waals surface area contributed by atoms with E-state index < -0.39 is 0 Å². The molecule has 4 heteroatoms. The number of rotatable bonds is 4. The lowest BCUT2D eigenvalue weighted by molar-refractivity contribution is 0.461. The lowest BCUT2D eigenvalue weighted by Crippen LogP contribution is -2.24. The predicted molar refractivity (Wildman–Crippen MR) is 92.4 cm³/mol. The maximum Gasteiger partial charge on any atom is 0.225 e. The van der Waals surface area contributed by atoms with Gasteiger partial charge in [-0.05, 0) is 32.6 Å². The highest BCUT2D eigenvalue weighted by Gasteiger charge is 2.16. The van der Waals surface area contributed by atoms with E-state index in [-0.39, 0.29) is 0 Å². The van der Waals surface area contributed by atoms with Crippen LogP contribution in [0, 0.1) is 6.92 Å². The van der Waals surface area contributed by atoms with Crippen LogP contribution >= 0.6 is 0 Å². The van der Waals surface area contributed by atoms with Gasteiger partial charge in [0, 0.05) is 23.8 Å². The molecule has 1 aromatic rings. The summed E-state index contributed by atoms with van der Waals surface area (Å²) < 4.78 is 0. The fourth-order valence-electron chi connectivity index (χ4n) is 3.77. The van der Waals surface area contributed by atoms with E-state index in [1.54, 1.807) is 0 Å². The van der Waals surface area contributed by atoms with E-state index in [1.807, 2.05) is 0 Å². The number of hydrogen-bond donors (Lipinski definition) is 2. The Bertz CT molecular complexity index is 460. The molecule has 0 spiro atoms. The van der Waals surface area contributed by atoms with Crippen LogP contribution in [0.5, 0.6) is 0 Å². The summed E-state index contributed by atoms with van der Waals surface area (Å²) in [7, 11) is 0. The van der Waals surface area contributed by atoms with Crippen LogP contribution in [0.3, 0.4) is 0 Å². The third-order valence-corrected chi connectivity index (χ3v) is 5.00. The van der Waals surface area contributed by atoms with Crippen LogP contribution in [-0.2, 0) is 0 Å². The molecule has 0 saturated heterocycles. The first-order valence-corrected chi connectivity index (χ1v) is 9.18. The van der Waals surface area contributed by atoms with E-state index in [9.17, 15) is 0 Å². The maximum absolute atomic E-state index is 4.72. The molecule has 0 amide bonds. The highest BCUT2D eigenvalue weighted by Crippen LogP contribution is 2.23. The quantitative estimate of drug-likeness (QED) is 0.794. The third kappa shape index (κ3) is 4.59. The van der Waals surface area contributed by atoms with Crippen molar-refractivity contribution in [2.45, 2.75) is 89.6 Å². The van der Waals surface area contributed by atoms with Crippen LogP contribution < -0.4 is 10.6 Å². The van der Waals surface area contributed by atoms with Crippen LogP contribution in [0.1, 0.15) is 76.3 Å². The minimum Gasteiger partial charge on any atom is -0.367 e. The molecule has 2 fully saturated rings. The number of hydrogen-bond acceptors (Lipinski definition) is 4. The van der Waals surface area contributed by atoms with Gasteiger partial charge < -0.3 is 10.6 Å². The second-order valence-electron chi connectivity index (χ2n) is 7.03. The zero-order valence-electron chi connectivity index (χ0n) is 13.9. The summed E-state index contributed by atoms with van der Waals surface area (Å²) in [5, 5.41) is 7.20. The smallest absolute Gasteiger partial charge is 0.225 e. The van der Waals surface area contributed by atoms with Crippen LogP contribution in [0.2, 0.25) is 0 Å². The van der Waals surface area contributed by atoms with Gasteiger partial charge in [-0.25, -0.2) is 4.98 Å². The van der Waals surface area contributed by atoms with Crippen molar-refractivity contribution >= 4 is 11.8 Å². The van der Waals surface area contributed by atoms with Crippen molar-refractivity contribution in [3.63, 3.8) is 0 Å². The first-order chi connectivity index (χ1) is 10.8. The summed E-state index contributed by atoms with van der Waals surface area (Å²) in [5.41, 5.74) is 1.05. The van der Waals surface area contributed by atoms with Gasteiger partial charge >= 0.3 is 0 Å². The fraction of sp³-hybridized carbons (Fsp3) is 0.778. The minimum atomic E-state index is 0.557. The molecule has 2 aliphatic carbocycles. The van der Waals surface area contributed by atoms with Crippen molar-refractivity contribution in [2.24, 2.45) is 0 Å². The average molecular weight is 302 g/mol. The molecule has 3 rings (SSSR count). The van der Waals surface area contributed by atoms with Gasteiger partial charge in [0.2, 0.25) is 5.95 Å². The molecule has 22 heavy (non-hydrogen) atoms. The molecule has 4 nitrogen and oxygen atoms in total. The standard InChI is InChI=1S/C18H30N4/c1-14-13-17(20-15-9-5-2-3-6-10-15)22-18(19-14)21-16-11-7-4-8-12-16/h13,15-16H,2-12H2,1H3,(H2,19,20,21,22). The normalized spacial score (nSPS) is 21.3. The first-order valence-electron chi connectivity index (χ1n) is 9.18. The van der Waals surface area contributed by atoms with Crippen molar-refractivity contribution in [1.82, 2.24) is 9.97 Å². The van der Waals surface area contributed by atoms with Crippen molar-refractivity contribution in [3.05, 3.63) is 11.8 Å². The molecule has 0 radical (unpaired) electrons. The zero-order chi connectivity index (χ0) is 15.2. The van der Waals surface area contributed by atoms with Gasteiger partial charge in [0.15, 0.2) is 0 Å². The summed E-state index contributed by atoms with van der Waals surface area (Å²) in [5.74, 6) is 1.81. The van der Waals surface area contributed by atoms with Crippen molar-refractivity contribution in [3.8, 4) is 0 Å². The monoisotopic (exact) mass is 302 g/mol. The van der Waals surface area contributed by atoms with Crippen LogP contribution in [-0.4, -0.2) is 22.1 Å². The molecular weight excluding hydrogens is 272 g/mol. The van der Waals surface area contributed by atoms with E-state index in [2.05, 4.69) is 28.6 Å². The molecule has 122 valence electrons. The molecule has 2 aliphatic rings. The maximum atomic E-state index is 4.72. The molecule has 0 bridgehead atoms. The summed E-state index contributed by atoms with van der Waals surface area (Å²) in [6.07, 6.45) is 14.5. The molecule has 0 unspecified atom stereocenters. The Balaban J connectivity index is 1.63. The van der Waals surface area contributed by atoms with Crippen LogP contribution in [0.4, 0.5) is 11.8 Å². The Morgan fingerprint density at radius 1 is 0.773 bits per heavy atom. The van der Waals surface area contributed by atoms with E-state index in [0.29, 0.717) is 12.1 Å². The van der Waals surface area contributed by atoms with Gasteiger partial charge in [-0.2, -0.15) is 4.98 Å². The molecule has 1 heterocycles. The number of nitrogens with zero attached hydrogens (tertiary/aromatic N) is 2. The summed E-state index contributed by atoms with van der Waals surface area (Å²) >= 11 is 0. The van der Waals surface area contributed by atoms with Crippen molar-refractivity contribution < 1.29 is 0 Å². The number of aryl methyl sites for hydroxylation is 1. The minimum absolute atomic E-state index is 0.557. The van der Waals surface area contributed by atoms with Gasteiger partial charge in [-0.3, -0.25) is 0 Å². The zero-order valence-corrected chi connectivity index (χ0v) is 13.9. The molecule has 0 atom stereocenters. The second kappa shape index (κ2) is 7.80. The summed E-state index contributed by atoms with van der Waals surface area (Å²) in [6, 6.07) is 3.22. The first kappa shape index (κ1) is 15.6. The predicted octanol–water partition coefficient (Wildman–Crippen LogP) is 4.66. The fourth-order valence-corrected chi connectivity index (χ4v) is 3.77. The van der Waals surface area contributed by atoms with Crippen LogP contribution in [0.15, 0.2) is 6.07 Å². The van der Waals surface area contributed by atoms with Gasteiger partial charge in [0.25, 0.3) is 0 Å². The number of nitrogens with one attached hydrogen (secondary N) is 2. The highest BCUT2D eigenvalue weighted by atomic mass is 15.2. The molecule has 2 saturated carbocycles. The summed E-state index contributed by atoms with van der Waals surface area (Å²) in [4.78, 5) is 9.30. The Labute approximate surface area is 134 Å². The van der Waals surface area contributed by atoms with Gasteiger partial charge in [0.1, 0.15) is 5.82 Å². The topological polar surface area (TPSA) is 49.8 Å². The summed E-state index contributed by atoms with van der Waals surface area (Å²) in [6.45, 7) is 2.06. The Hall–Kier alpha value is -1.32. The molecule has 1 aromatic heterocycles. The highest BCUT2D eigenvalue weighted by molar-refractivity contribution is 5.43. The molecular formula is C18H30N4. The second-order valence-corrected chi connectivity index (χ2v) is 7.03. The van der Waals surface area contributed by atoms with Crippen molar-refractivity contribution in [2.75, 3.05) is 10.6 Å². The largest absolute Gasteiger partial charge is 0.367 e. The van der Waals surface area contributed by atoms with Gasteiger partial charge in [-0.1, -0.05) is 44.9 Å². The molecule has 0 aliphatic heterocycles. The Kier molecular flexibility index (Phi) is 5.52. The lowest BCUT2D eigenvalue weighted by atomic mass is 9.96. The third-order valence-electron chi connectivity index (χ3n) is 5.00. The Morgan fingerprint density at radius 2 is 1.32 bits per heavy atom. The van der Waals surface area contributed by atoms with Gasteiger partial charge in [0.05, 0.1) is 0 Å². The van der Waals surface area contributed by atoms with Crippen LogP contribution in [0.25, 0.3) is 0 Å². The van der Waals surface area contributed by atoms with E-state index in [0.717, 1.165) is 17.5 Å². The Morgan fingerprint density at radius 3 is 1.95 bits per heavy atom. The SMILES string of the molecule is Cc1cc(NC2CCCCCC2)nc(NC2CCCCC2)n1. The van der Waals surface area contributed by atoms with Crippen molar-refractivity contribution in [1.29, 1.82) is 0 Å². The molecule has 2 N–H and O–H groups in total. The van der Waals surface area contributed by atoms with Gasteiger partial charge in [-0.15, -0.1) is 0 Å². The van der Waals surface area contributed by atoms with E-state index in [4.69, 9.17) is 4.98 Å². The lowest BCUT2D eigenvalue weighted by Gasteiger charge is -2.23. The number of aromatic nitrogens is 2. The number of anilines is 2. The average Bonchev–Trinajstić information content (AvgIpc) is 2.76. The molecule has 0 aromatic carbocycles.